The highest BCUT2D eigenvalue weighted by atomic mass is 32.2. The van der Waals surface area contributed by atoms with Crippen LogP contribution in [0.25, 0.3) is 0 Å². The van der Waals surface area contributed by atoms with Gasteiger partial charge in [0.2, 0.25) is 0 Å². The summed E-state index contributed by atoms with van der Waals surface area (Å²) in [5.74, 6) is -0.0660. The van der Waals surface area contributed by atoms with Gasteiger partial charge in [-0.2, -0.15) is 17.9 Å². The van der Waals surface area contributed by atoms with Crippen LogP contribution in [-0.2, 0) is 10.2 Å². The summed E-state index contributed by atoms with van der Waals surface area (Å²) in [5, 5.41) is 12.1. The average molecular weight is 320 g/mol. The van der Waals surface area contributed by atoms with E-state index < -0.39 is 21.3 Å². The number of amidine groups is 1. The summed E-state index contributed by atoms with van der Waals surface area (Å²) in [4.78, 5) is 0. The molecule has 0 unspecified atom stereocenters. The predicted octanol–water partition coefficient (Wildman–Crippen LogP) is 1.44. The summed E-state index contributed by atoms with van der Waals surface area (Å²) in [6, 6.07) is 0. The second-order valence-electron chi connectivity index (χ2n) is 6.79. The first kappa shape index (κ1) is 18.2. The van der Waals surface area contributed by atoms with Gasteiger partial charge in [0.25, 0.3) is 10.2 Å². The Morgan fingerprint density at radius 3 is 2.05 bits per heavy atom. The molecular formula is C13H28N4O3S. The minimum atomic E-state index is -3.75. The smallest absolute Gasteiger partial charge is 0.278 e. The third-order valence-corrected chi connectivity index (χ3v) is 5.12. The molecule has 7 nitrogen and oxygen atoms in total. The van der Waals surface area contributed by atoms with Crippen molar-refractivity contribution in [3.05, 3.63) is 0 Å². The second-order valence-corrected chi connectivity index (χ2v) is 8.21. The van der Waals surface area contributed by atoms with Crippen molar-refractivity contribution in [3.8, 4) is 0 Å². The van der Waals surface area contributed by atoms with Gasteiger partial charge in [-0.25, -0.2) is 0 Å². The normalized spacial score (nSPS) is 21.6. The van der Waals surface area contributed by atoms with E-state index >= 15 is 0 Å². The van der Waals surface area contributed by atoms with Gasteiger partial charge >= 0.3 is 0 Å². The fourth-order valence-corrected chi connectivity index (χ4v) is 4.38. The molecular weight excluding hydrogens is 292 g/mol. The number of nitrogens with one attached hydrogen (secondary N) is 2. The van der Waals surface area contributed by atoms with Crippen molar-refractivity contribution in [2.24, 2.45) is 10.9 Å². The lowest BCUT2D eigenvalue weighted by atomic mass is 9.84. The van der Waals surface area contributed by atoms with E-state index in [1.54, 1.807) is 20.8 Å². The molecule has 1 saturated carbocycles. The Labute approximate surface area is 127 Å². The first-order valence-corrected chi connectivity index (χ1v) is 8.89. The maximum absolute atomic E-state index is 12.3. The molecule has 0 heterocycles. The highest BCUT2D eigenvalue weighted by Crippen LogP contribution is 2.27. The number of hydrogen-bond acceptors (Lipinski definition) is 4. The van der Waals surface area contributed by atoms with Crippen LogP contribution in [-0.4, -0.2) is 30.5 Å². The summed E-state index contributed by atoms with van der Waals surface area (Å²) in [6.45, 7) is 5.29. The van der Waals surface area contributed by atoms with Crippen LogP contribution >= 0.6 is 0 Å². The topological polar surface area (TPSA) is 117 Å². The number of rotatable bonds is 4. The number of nitrogens with zero attached hydrogens (tertiary/aromatic N) is 1. The molecule has 8 heteroatoms. The van der Waals surface area contributed by atoms with E-state index in [2.05, 4.69) is 14.6 Å². The largest absolute Gasteiger partial charge is 0.409 e. The lowest BCUT2D eigenvalue weighted by Gasteiger charge is -2.35. The van der Waals surface area contributed by atoms with E-state index in [1.807, 2.05) is 0 Å². The van der Waals surface area contributed by atoms with E-state index in [1.165, 1.54) is 0 Å². The molecule has 0 aromatic carbocycles. The lowest BCUT2D eigenvalue weighted by Crippen LogP contribution is -2.61. The van der Waals surface area contributed by atoms with E-state index in [0.717, 1.165) is 32.1 Å². The Balaban J connectivity index is 3.02. The van der Waals surface area contributed by atoms with Gasteiger partial charge < -0.3 is 10.9 Å². The van der Waals surface area contributed by atoms with Crippen molar-refractivity contribution in [1.82, 2.24) is 9.44 Å². The molecule has 124 valence electrons. The van der Waals surface area contributed by atoms with Crippen molar-refractivity contribution in [3.63, 3.8) is 0 Å². The van der Waals surface area contributed by atoms with Crippen molar-refractivity contribution < 1.29 is 13.6 Å². The Morgan fingerprint density at radius 2 is 1.62 bits per heavy atom. The standard InChI is InChI=1S/C13H28N4O3S/c1-12(2,3)16-21(19,20)17-13(11(14)15-18)9-7-5-4-6-8-10-13/h16-18H,4-10H2,1-3H3,(H2,14,15). The number of oxime groups is 1. The van der Waals surface area contributed by atoms with Gasteiger partial charge in [-0.05, 0) is 33.6 Å². The van der Waals surface area contributed by atoms with Gasteiger partial charge in [-0.15, -0.1) is 0 Å². The Morgan fingerprint density at radius 1 is 1.14 bits per heavy atom. The fraction of sp³-hybridized carbons (Fsp3) is 0.923. The quantitative estimate of drug-likeness (QED) is 0.271. The second kappa shape index (κ2) is 6.93. The minimum Gasteiger partial charge on any atom is -0.409 e. The van der Waals surface area contributed by atoms with Crippen molar-refractivity contribution in [2.75, 3.05) is 0 Å². The Kier molecular flexibility index (Phi) is 6.01. The van der Waals surface area contributed by atoms with Gasteiger partial charge in [0.15, 0.2) is 5.84 Å². The molecule has 1 rings (SSSR count). The Hall–Kier alpha value is -0.860. The van der Waals surface area contributed by atoms with Crippen LogP contribution in [0.15, 0.2) is 5.16 Å². The van der Waals surface area contributed by atoms with Crippen LogP contribution in [0.2, 0.25) is 0 Å². The van der Waals surface area contributed by atoms with E-state index in [-0.39, 0.29) is 5.84 Å². The van der Waals surface area contributed by atoms with Gasteiger partial charge in [0.05, 0.1) is 5.54 Å². The first-order chi connectivity index (χ1) is 9.60. The van der Waals surface area contributed by atoms with Crippen LogP contribution in [0.4, 0.5) is 0 Å². The molecule has 0 amide bonds. The van der Waals surface area contributed by atoms with Crippen LogP contribution in [0.1, 0.15) is 65.7 Å². The van der Waals surface area contributed by atoms with Crippen molar-refractivity contribution >= 4 is 16.0 Å². The molecule has 0 aromatic heterocycles. The maximum atomic E-state index is 12.3. The molecule has 5 N–H and O–H groups in total. The third kappa shape index (κ3) is 5.80. The monoisotopic (exact) mass is 320 g/mol. The van der Waals surface area contributed by atoms with Crippen LogP contribution in [0.3, 0.4) is 0 Å². The summed E-state index contributed by atoms with van der Waals surface area (Å²) < 4.78 is 29.8. The van der Waals surface area contributed by atoms with Crippen molar-refractivity contribution in [1.29, 1.82) is 0 Å². The molecule has 0 radical (unpaired) electrons. The van der Waals surface area contributed by atoms with E-state index in [4.69, 9.17) is 10.9 Å². The third-order valence-electron chi connectivity index (χ3n) is 3.58. The van der Waals surface area contributed by atoms with Gasteiger partial charge in [-0.3, -0.25) is 0 Å². The van der Waals surface area contributed by atoms with Gasteiger partial charge in [0.1, 0.15) is 0 Å². The predicted molar refractivity (Wildman–Crippen MR) is 83.4 cm³/mol. The van der Waals surface area contributed by atoms with E-state index in [0.29, 0.717) is 12.8 Å². The molecule has 0 atom stereocenters. The van der Waals surface area contributed by atoms with Gasteiger partial charge in [0, 0.05) is 5.54 Å². The first-order valence-electron chi connectivity index (χ1n) is 7.41. The molecule has 1 aliphatic carbocycles. The fourth-order valence-electron chi connectivity index (χ4n) is 2.70. The SMILES string of the molecule is CC(C)(C)NS(=O)(=O)NC1(C(N)=NO)CCCCCCC1. The van der Waals surface area contributed by atoms with Gasteiger partial charge in [-0.1, -0.05) is 37.3 Å². The highest BCUT2D eigenvalue weighted by Gasteiger charge is 2.39. The molecule has 0 saturated heterocycles. The van der Waals surface area contributed by atoms with Crippen LogP contribution in [0, 0.1) is 0 Å². The lowest BCUT2D eigenvalue weighted by molar-refractivity contribution is 0.298. The molecule has 1 aliphatic rings. The Bertz CT molecular complexity index is 460. The summed E-state index contributed by atoms with van der Waals surface area (Å²) in [6.07, 6.45) is 5.94. The molecule has 0 bridgehead atoms. The molecule has 0 aromatic rings. The van der Waals surface area contributed by atoms with Crippen LogP contribution < -0.4 is 15.2 Å². The average Bonchev–Trinajstić information content (AvgIpc) is 2.28. The van der Waals surface area contributed by atoms with E-state index in [9.17, 15) is 8.42 Å². The molecule has 0 spiro atoms. The maximum Gasteiger partial charge on any atom is 0.278 e. The summed E-state index contributed by atoms with van der Waals surface area (Å²) in [5.41, 5.74) is 4.21. The summed E-state index contributed by atoms with van der Waals surface area (Å²) in [7, 11) is -3.75. The molecule has 21 heavy (non-hydrogen) atoms. The minimum absolute atomic E-state index is 0.0660. The molecule has 0 aliphatic heterocycles. The van der Waals surface area contributed by atoms with Crippen LogP contribution in [0.5, 0.6) is 0 Å². The van der Waals surface area contributed by atoms with Crippen molar-refractivity contribution in [2.45, 2.75) is 76.8 Å². The summed E-state index contributed by atoms with van der Waals surface area (Å²) >= 11 is 0. The highest BCUT2D eigenvalue weighted by molar-refractivity contribution is 7.87. The number of nitrogens with two attached hydrogens (primary N) is 1. The zero-order valence-electron chi connectivity index (χ0n) is 13.1. The molecule has 1 fully saturated rings. The zero-order chi connectivity index (χ0) is 16.1. The zero-order valence-corrected chi connectivity index (χ0v) is 14.0. The number of hydrogen-bond donors (Lipinski definition) is 4.